The number of ether oxygens (including phenoxy) is 3. The maximum absolute atomic E-state index is 12.4. The number of methoxy groups -OCH3 is 1. The smallest absolute Gasteiger partial charge is 0.334 e. The van der Waals surface area contributed by atoms with Crippen LogP contribution >= 0.6 is 0 Å². The highest BCUT2D eigenvalue weighted by atomic mass is 16.6. The van der Waals surface area contributed by atoms with Crippen molar-refractivity contribution in [3.8, 4) is 11.5 Å². The SMILES string of the molecule is COc1ccc(OCC2(CO)C/C(=C\CC(CC(C)C)CC(C)C)C(=O)O2)cc1. The van der Waals surface area contributed by atoms with Gasteiger partial charge >= 0.3 is 5.97 Å². The van der Waals surface area contributed by atoms with Crippen LogP contribution in [-0.2, 0) is 9.53 Å². The summed E-state index contributed by atoms with van der Waals surface area (Å²) < 4.78 is 16.5. The molecule has 0 aromatic heterocycles. The summed E-state index contributed by atoms with van der Waals surface area (Å²) in [4.78, 5) is 12.4. The van der Waals surface area contributed by atoms with Gasteiger partial charge in [-0.3, -0.25) is 0 Å². The Bertz CT molecular complexity index is 667. The number of hydrogen-bond donors (Lipinski definition) is 1. The number of benzene rings is 1. The Morgan fingerprint density at radius 1 is 1.10 bits per heavy atom. The zero-order valence-corrected chi connectivity index (χ0v) is 18.4. The largest absolute Gasteiger partial charge is 0.497 e. The molecule has 2 rings (SSSR count). The molecule has 1 fully saturated rings. The van der Waals surface area contributed by atoms with Crippen LogP contribution in [0, 0.1) is 17.8 Å². The molecule has 29 heavy (non-hydrogen) atoms. The van der Waals surface area contributed by atoms with Gasteiger partial charge in [0, 0.05) is 12.0 Å². The van der Waals surface area contributed by atoms with E-state index in [1.165, 1.54) is 0 Å². The third-order valence-electron chi connectivity index (χ3n) is 5.24. The Morgan fingerprint density at radius 3 is 2.21 bits per heavy atom. The van der Waals surface area contributed by atoms with Crippen LogP contribution in [0.25, 0.3) is 0 Å². The van der Waals surface area contributed by atoms with Crippen molar-refractivity contribution in [2.75, 3.05) is 20.3 Å². The topological polar surface area (TPSA) is 65.0 Å². The highest BCUT2D eigenvalue weighted by Crippen LogP contribution is 2.33. The molecule has 0 spiro atoms. The minimum Gasteiger partial charge on any atom is -0.497 e. The molecule has 1 aliphatic heterocycles. The summed E-state index contributed by atoms with van der Waals surface area (Å²) in [5, 5.41) is 9.92. The first-order valence-corrected chi connectivity index (χ1v) is 10.6. The molecule has 162 valence electrons. The van der Waals surface area contributed by atoms with E-state index in [0.717, 1.165) is 25.0 Å². The fourth-order valence-electron chi connectivity index (χ4n) is 3.91. The van der Waals surface area contributed by atoms with Crippen molar-refractivity contribution in [1.82, 2.24) is 0 Å². The number of aliphatic hydroxyl groups is 1. The van der Waals surface area contributed by atoms with Gasteiger partial charge in [0.25, 0.3) is 0 Å². The van der Waals surface area contributed by atoms with Crippen LogP contribution < -0.4 is 9.47 Å². The van der Waals surface area contributed by atoms with Gasteiger partial charge < -0.3 is 19.3 Å². The highest BCUT2D eigenvalue weighted by molar-refractivity contribution is 5.91. The summed E-state index contributed by atoms with van der Waals surface area (Å²) in [7, 11) is 1.61. The second-order valence-electron chi connectivity index (χ2n) is 8.96. The molecule has 1 aliphatic rings. The van der Waals surface area contributed by atoms with Crippen molar-refractivity contribution in [2.45, 2.75) is 59.0 Å². The van der Waals surface area contributed by atoms with E-state index in [4.69, 9.17) is 14.2 Å². The Hall–Kier alpha value is -2.01. The number of allylic oxidation sites excluding steroid dienone is 1. The minimum atomic E-state index is -1.02. The molecule has 0 amide bonds. The number of carbonyl (C=O) groups excluding carboxylic acids is 1. The van der Waals surface area contributed by atoms with E-state index in [0.29, 0.717) is 35.5 Å². The molecule has 0 saturated carbocycles. The van der Waals surface area contributed by atoms with Crippen LogP contribution in [0.1, 0.15) is 53.4 Å². The molecule has 5 heteroatoms. The number of aliphatic hydroxyl groups excluding tert-OH is 1. The van der Waals surface area contributed by atoms with Crippen molar-refractivity contribution in [2.24, 2.45) is 17.8 Å². The predicted octanol–water partition coefficient (Wildman–Crippen LogP) is 4.78. The molecule has 1 aromatic carbocycles. The van der Waals surface area contributed by atoms with Crippen LogP contribution in [-0.4, -0.2) is 37.0 Å². The summed E-state index contributed by atoms with van der Waals surface area (Å²) in [6.07, 6.45) is 5.53. The monoisotopic (exact) mass is 404 g/mol. The van der Waals surface area contributed by atoms with Gasteiger partial charge in [-0.05, 0) is 61.3 Å². The zero-order valence-electron chi connectivity index (χ0n) is 18.4. The van der Waals surface area contributed by atoms with E-state index in [1.807, 2.05) is 6.08 Å². The molecular formula is C24H36O5. The third kappa shape index (κ3) is 7.07. The normalized spacial score (nSPS) is 20.7. The van der Waals surface area contributed by atoms with Gasteiger partial charge in [-0.2, -0.15) is 0 Å². The van der Waals surface area contributed by atoms with Crippen LogP contribution in [0.2, 0.25) is 0 Å². The van der Waals surface area contributed by atoms with Crippen molar-refractivity contribution >= 4 is 5.97 Å². The lowest BCUT2D eigenvalue weighted by Gasteiger charge is -2.24. The van der Waals surface area contributed by atoms with E-state index in [9.17, 15) is 9.90 Å². The zero-order chi connectivity index (χ0) is 21.4. The first kappa shape index (κ1) is 23.3. The second kappa shape index (κ2) is 10.7. The van der Waals surface area contributed by atoms with E-state index in [1.54, 1.807) is 31.4 Å². The van der Waals surface area contributed by atoms with E-state index in [2.05, 4.69) is 27.7 Å². The Morgan fingerprint density at radius 2 is 1.69 bits per heavy atom. The van der Waals surface area contributed by atoms with E-state index >= 15 is 0 Å². The summed E-state index contributed by atoms with van der Waals surface area (Å²) in [6.45, 7) is 8.78. The summed E-state index contributed by atoms with van der Waals surface area (Å²) in [5.74, 6) is 2.84. The van der Waals surface area contributed by atoms with Crippen molar-refractivity contribution < 1.29 is 24.1 Å². The average molecular weight is 405 g/mol. The third-order valence-corrected chi connectivity index (χ3v) is 5.24. The van der Waals surface area contributed by atoms with Gasteiger partial charge in [-0.15, -0.1) is 0 Å². The van der Waals surface area contributed by atoms with Gasteiger partial charge in [0.15, 0.2) is 5.60 Å². The van der Waals surface area contributed by atoms with Crippen LogP contribution in [0.5, 0.6) is 11.5 Å². The average Bonchev–Trinajstić information content (AvgIpc) is 3.00. The molecule has 0 bridgehead atoms. The molecule has 1 unspecified atom stereocenters. The molecule has 1 aromatic rings. The first-order chi connectivity index (χ1) is 13.8. The molecular weight excluding hydrogens is 368 g/mol. The van der Waals surface area contributed by atoms with Gasteiger partial charge in [0.2, 0.25) is 0 Å². The second-order valence-corrected chi connectivity index (χ2v) is 8.96. The van der Waals surface area contributed by atoms with Crippen LogP contribution in [0.15, 0.2) is 35.9 Å². The van der Waals surface area contributed by atoms with Gasteiger partial charge in [0.05, 0.1) is 13.7 Å². The minimum absolute atomic E-state index is 0.111. The lowest BCUT2D eigenvalue weighted by atomic mass is 9.86. The number of rotatable bonds is 11. The number of hydrogen-bond acceptors (Lipinski definition) is 5. The highest BCUT2D eigenvalue weighted by Gasteiger charge is 2.44. The van der Waals surface area contributed by atoms with Crippen molar-refractivity contribution in [1.29, 1.82) is 0 Å². The molecule has 1 saturated heterocycles. The van der Waals surface area contributed by atoms with E-state index < -0.39 is 5.60 Å². The maximum Gasteiger partial charge on any atom is 0.334 e. The number of carbonyl (C=O) groups is 1. The Kier molecular flexibility index (Phi) is 8.57. The van der Waals surface area contributed by atoms with Gasteiger partial charge in [-0.25, -0.2) is 4.79 Å². The van der Waals surface area contributed by atoms with Crippen molar-refractivity contribution in [3.63, 3.8) is 0 Å². The lowest BCUT2D eigenvalue weighted by Crippen LogP contribution is -2.39. The Labute approximate surface area is 175 Å². The van der Waals surface area contributed by atoms with Crippen LogP contribution in [0.4, 0.5) is 0 Å². The lowest BCUT2D eigenvalue weighted by molar-refractivity contribution is -0.153. The fraction of sp³-hybridized carbons (Fsp3) is 0.625. The maximum atomic E-state index is 12.4. The molecule has 0 aliphatic carbocycles. The summed E-state index contributed by atoms with van der Waals surface area (Å²) >= 11 is 0. The van der Waals surface area contributed by atoms with Crippen molar-refractivity contribution in [3.05, 3.63) is 35.9 Å². The van der Waals surface area contributed by atoms with Gasteiger partial charge in [-0.1, -0.05) is 33.8 Å². The number of cyclic esters (lactones) is 1. The predicted molar refractivity (Wildman–Crippen MR) is 114 cm³/mol. The summed E-state index contributed by atoms with van der Waals surface area (Å²) in [6, 6.07) is 7.19. The number of esters is 1. The van der Waals surface area contributed by atoms with E-state index in [-0.39, 0.29) is 19.2 Å². The molecule has 1 heterocycles. The molecule has 5 nitrogen and oxygen atoms in total. The quantitative estimate of drug-likeness (QED) is 0.425. The first-order valence-electron chi connectivity index (χ1n) is 10.6. The standard InChI is InChI=1S/C24H36O5/c1-17(2)12-19(13-18(3)4)6-7-20-14-24(15-25,29-23(20)26)16-28-22-10-8-21(27-5)9-11-22/h7-11,17-19,25H,6,12-16H2,1-5H3/b20-7+. The Balaban J connectivity index is 2.01. The molecule has 1 N–H and O–H groups in total. The van der Waals surface area contributed by atoms with Gasteiger partial charge in [0.1, 0.15) is 18.1 Å². The van der Waals surface area contributed by atoms with Crippen LogP contribution in [0.3, 0.4) is 0 Å². The summed E-state index contributed by atoms with van der Waals surface area (Å²) in [5.41, 5.74) is -0.371. The molecule has 0 radical (unpaired) electrons. The fourth-order valence-corrected chi connectivity index (χ4v) is 3.91. The molecule has 1 atom stereocenters.